The number of rotatable bonds is 6. The first-order chi connectivity index (χ1) is 12.3. The van der Waals surface area contributed by atoms with Crippen LogP contribution >= 0.6 is 0 Å². The topological polar surface area (TPSA) is 81.2 Å². The predicted octanol–water partition coefficient (Wildman–Crippen LogP) is 3.54. The molecule has 3 rings (SSSR count). The zero-order valence-corrected chi connectivity index (χ0v) is 14.4. The van der Waals surface area contributed by atoms with Crippen LogP contribution in [0.25, 0.3) is 16.6 Å². The normalized spacial score (nSPS) is 19.0. The molecule has 0 saturated heterocycles. The SMILES string of the molecule is NC=C(C=NCCCC1CCCC(=O)C1)c1cnc2ccccc2n1. The van der Waals surface area contributed by atoms with Crippen LogP contribution in [-0.2, 0) is 4.79 Å². The van der Waals surface area contributed by atoms with Crippen molar-refractivity contribution in [3.05, 3.63) is 42.4 Å². The van der Waals surface area contributed by atoms with Gasteiger partial charge in [-0.05, 0) is 43.7 Å². The molecular weight excluding hydrogens is 312 g/mol. The van der Waals surface area contributed by atoms with E-state index in [0.717, 1.165) is 60.9 Å². The maximum atomic E-state index is 11.5. The Morgan fingerprint density at radius 1 is 1.32 bits per heavy atom. The number of aliphatic imine (C=N–C) groups is 1. The van der Waals surface area contributed by atoms with Crippen LogP contribution < -0.4 is 5.73 Å². The van der Waals surface area contributed by atoms with Gasteiger partial charge in [0.2, 0.25) is 0 Å². The lowest BCUT2D eigenvalue weighted by Gasteiger charge is -2.19. The van der Waals surface area contributed by atoms with Crippen LogP contribution in [0, 0.1) is 5.92 Å². The van der Waals surface area contributed by atoms with Gasteiger partial charge in [0, 0.05) is 37.4 Å². The number of para-hydroxylation sites is 2. The van der Waals surface area contributed by atoms with E-state index in [9.17, 15) is 4.79 Å². The molecule has 1 aliphatic carbocycles. The summed E-state index contributed by atoms with van der Waals surface area (Å²) in [5.41, 5.74) is 8.94. The maximum Gasteiger partial charge on any atom is 0.133 e. The number of carbonyl (C=O) groups is 1. The molecule has 1 aliphatic rings. The molecule has 0 bridgehead atoms. The first kappa shape index (κ1) is 17.3. The number of hydrogen-bond acceptors (Lipinski definition) is 5. The Hall–Kier alpha value is -2.56. The van der Waals surface area contributed by atoms with Crippen LogP contribution in [0.4, 0.5) is 0 Å². The zero-order chi connectivity index (χ0) is 17.5. The summed E-state index contributed by atoms with van der Waals surface area (Å²) < 4.78 is 0. The van der Waals surface area contributed by atoms with Gasteiger partial charge in [0.25, 0.3) is 0 Å². The van der Waals surface area contributed by atoms with E-state index in [2.05, 4.69) is 15.0 Å². The average molecular weight is 336 g/mol. The first-order valence-corrected chi connectivity index (χ1v) is 8.92. The molecule has 0 aliphatic heterocycles. The summed E-state index contributed by atoms with van der Waals surface area (Å²) in [5.74, 6) is 0.968. The number of allylic oxidation sites excluding steroid dienone is 1. The second kappa shape index (κ2) is 8.51. The fourth-order valence-corrected chi connectivity index (χ4v) is 3.29. The van der Waals surface area contributed by atoms with Crippen molar-refractivity contribution in [1.29, 1.82) is 0 Å². The van der Waals surface area contributed by atoms with E-state index < -0.39 is 0 Å². The summed E-state index contributed by atoms with van der Waals surface area (Å²) in [6, 6.07) is 7.75. The lowest BCUT2D eigenvalue weighted by Crippen LogP contribution is -2.14. The van der Waals surface area contributed by atoms with Crippen LogP contribution in [0.1, 0.15) is 44.2 Å². The Balaban J connectivity index is 1.54. The van der Waals surface area contributed by atoms with Gasteiger partial charge in [0.1, 0.15) is 5.78 Å². The summed E-state index contributed by atoms with van der Waals surface area (Å²) in [6.07, 6.45) is 10.8. The molecule has 1 aromatic heterocycles. The summed E-state index contributed by atoms with van der Waals surface area (Å²) in [4.78, 5) is 25.0. The Bertz CT molecular complexity index is 797. The molecule has 0 amide bonds. The highest BCUT2D eigenvalue weighted by Gasteiger charge is 2.18. The molecule has 0 spiro atoms. The third-order valence-electron chi connectivity index (χ3n) is 4.64. The fourth-order valence-electron chi connectivity index (χ4n) is 3.29. The van der Waals surface area contributed by atoms with Crippen LogP contribution in [-0.4, -0.2) is 28.5 Å². The lowest BCUT2D eigenvalue weighted by atomic mass is 9.85. The van der Waals surface area contributed by atoms with Gasteiger partial charge < -0.3 is 5.73 Å². The van der Waals surface area contributed by atoms with Crippen molar-refractivity contribution in [3.63, 3.8) is 0 Å². The number of carbonyl (C=O) groups excluding carboxylic acids is 1. The molecular formula is C20H24N4O. The van der Waals surface area contributed by atoms with Gasteiger partial charge in [-0.25, -0.2) is 4.98 Å². The number of fused-ring (bicyclic) bond motifs is 1. The summed E-state index contributed by atoms with van der Waals surface area (Å²) in [6.45, 7) is 0.739. The molecule has 1 atom stereocenters. The Morgan fingerprint density at radius 3 is 2.96 bits per heavy atom. The Morgan fingerprint density at radius 2 is 2.16 bits per heavy atom. The smallest absolute Gasteiger partial charge is 0.133 e. The van der Waals surface area contributed by atoms with Gasteiger partial charge >= 0.3 is 0 Å². The number of aromatic nitrogens is 2. The van der Waals surface area contributed by atoms with E-state index in [4.69, 9.17) is 5.73 Å². The number of hydrogen-bond donors (Lipinski definition) is 1. The number of nitrogens with two attached hydrogens (primary N) is 1. The van der Waals surface area contributed by atoms with Gasteiger partial charge in [-0.2, -0.15) is 0 Å². The molecule has 130 valence electrons. The maximum absolute atomic E-state index is 11.5. The quantitative estimate of drug-likeness (QED) is 0.646. The van der Waals surface area contributed by atoms with Crippen LogP contribution in [0.5, 0.6) is 0 Å². The molecule has 1 unspecified atom stereocenters. The highest BCUT2D eigenvalue weighted by atomic mass is 16.1. The van der Waals surface area contributed by atoms with Crippen molar-refractivity contribution in [2.24, 2.45) is 16.6 Å². The largest absolute Gasteiger partial charge is 0.404 e. The highest BCUT2D eigenvalue weighted by molar-refractivity contribution is 6.09. The van der Waals surface area contributed by atoms with E-state index in [-0.39, 0.29) is 0 Å². The second-order valence-corrected chi connectivity index (χ2v) is 6.54. The van der Waals surface area contributed by atoms with E-state index in [1.807, 2.05) is 24.3 Å². The molecule has 2 aromatic rings. The van der Waals surface area contributed by atoms with Crippen molar-refractivity contribution in [1.82, 2.24) is 9.97 Å². The Kier molecular flexibility index (Phi) is 5.88. The van der Waals surface area contributed by atoms with E-state index in [0.29, 0.717) is 11.7 Å². The number of nitrogens with zero attached hydrogens (tertiary/aromatic N) is 3. The number of Topliss-reactive ketones (excluding diaryl/α,β-unsaturated/α-hetero) is 1. The minimum atomic E-state index is 0.419. The van der Waals surface area contributed by atoms with Gasteiger partial charge in [-0.3, -0.25) is 14.8 Å². The van der Waals surface area contributed by atoms with E-state index >= 15 is 0 Å². The van der Waals surface area contributed by atoms with E-state index in [1.165, 1.54) is 12.6 Å². The van der Waals surface area contributed by atoms with Gasteiger partial charge in [0.15, 0.2) is 0 Å². The lowest BCUT2D eigenvalue weighted by molar-refractivity contribution is -0.121. The summed E-state index contributed by atoms with van der Waals surface area (Å²) in [7, 11) is 0. The Labute approximate surface area is 148 Å². The van der Waals surface area contributed by atoms with Crippen LogP contribution in [0.15, 0.2) is 41.7 Å². The summed E-state index contributed by atoms with van der Waals surface area (Å²) in [5, 5.41) is 0. The molecule has 25 heavy (non-hydrogen) atoms. The summed E-state index contributed by atoms with van der Waals surface area (Å²) >= 11 is 0. The monoisotopic (exact) mass is 336 g/mol. The highest BCUT2D eigenvalue weighted by Crippen LogP contribution is 2.25. The third-order valence-corrected chi connectivity index (χ3v) is 4.64. The van der Waals surface area contributed by atoms with Gasteiger partial charge in [-0.1, -0.05) is 12.1 Å². The predicted molar refractivity (Wildman–Crippen MR) is 101 cm³/mol. The standard InChI is InChI=1S/C20H24N4O/c21-12-16(20-14-23-18-8-1-2-9-19(18)24-20)13-22-10-4-6-15-5-3-7-17(25)11-15/h1-2,8-9,12-15H,3-7,10-11,21H2. The van der Waals surface area contributed by atoms with Crippen molar-refractivity contribution < 1.29 is 4.79 Å². The number of benzene rings is 1. The molecule has 5 nitrogen and oxygen atoms in total. The molecule has 2 N–H and O–H groups in total. The molecule has 1 heterocycles. The second-order valence-electron chi connectivity index (χ2n) is 6.54. The molecule has 1 aromatic carbocycles. The molecule has 1 fully saturated rings. The third kappa shape index (κ3) is 4.72. The van der Waals surface area contributed by atoms with E-state index in [1.54, 1.807) is 12.4 Å². The van der Waals surface area contributed by atoms with Crippen molar-refractivity contribution >= 4 is 28.6 Å². The minimum absolute atomic E-state index is 0.419. The molecule has 5 heteroatoms. The van der Waals surface area contributed by atoms with Crippen molar-refractivity contribution in [2.75, 3.05) is 6.54 Å². The minimum Gasteiger partial charge on any atom is -0.404 e. The molecule has 1 saturated carbocycles. The van der Waals surface area contributed by atoms with Crippen molar-refractivity contribution in [3.8, 4) is 0 Å². The van der Waals surface area contributed by atoms with Crippen LogP contribution in [0.3, 0.4) is 0 Å². The first-order valence-electron chi connectivity index (χ1n) is 8.92. The number of ketones is 1. The fraction of sp³-hybridized carbons (Fsp3) is 0.400. The zero-order valence-electron chi connectivity index (χ0n) is 14.4. The van der Waals surface area contributed by atoms with Gasteiger partial charge in [-0.15, -0.1) is 0 Å². The van der Waals surface area contributed by atoms with Crippen LogP contribution in [0.2, 0.25) is 0 Å². The molecule has 0 radical (unpaired) electrons. The van der Waals surface area contributed by atoms with Crippen molar-refractivity contribution in [2.45, 2.75) is 38.5 Å². The average Bonchev–Trinajstić information content (AvgIpc) is 2.64. The van der Waals surface area contributed by atoms with Gasteiger partial charge in [0.05, 0.1) is 22.9 Å².